The number of alkyl halides is 3. The van der Waals surface area contributed by atoms with Crippen molar-refractivity contribution in [2.75, 3.05) is 17.3 Å². The predicted octanol–water partition coefficient (Wildman–Crippen LogP) is 5.79. The molecule has 1 saturated heterocycles. The minimum absolute atomic E-state index is 0.0365. The lowest BCUT2D eigenvalue weighted by Crippen LogP contribution is -2.11. The number of ether oxygens (including phenoxy) is 1. The van der Waals surface area contributed by atoms with Gasteiger partial charge < -0.3 is 4.74 Å². The molecule has 0 saturated carbocycles. The van der Waals surface area contributed by atoms with Gasteiger partial charge in [-0.15, -0.1) is 35.3 Å². The number of hydrogen-bond donors (Lipinski definition) is 0. The van der Waals surface area contributed by atoms with Crippen LogP contribution in [0, 0.1) is 10.1 Å². The summed E-state index contributed by atoms with van der Waals surface area (Å²) in [6.07, 6.45) is -4.69. The average molecular weight is 462 g/mol. The quantitative estimate of drug-likeness (QED) is 0.177. The first kappa shape index (κ1) is 21.8. The maximum absolute atomic E-state index is 12.7. The molecule has 0 unspecified atom stereocenters. The number of thioether (sulfide) groups is 3. The molecule has 0 N–H and O–H groups in total. The smallest absolute Gasteiger partial charge is 0.416 e. The van der Waals surface area contributed by atoms with E-state index >= 15 is 0 Å². The van der Waals surface area contributed by atoms with E-state index in [2.05, 4.69) is 0 Å². The van der Waals surface area contributed by atoms with Gasteiger partial charge in [0.25, 0.3) is 5.69 Å². The predicted molar refractivity (Wildman–Crippen MR) is 109 cm³/mol. The van der Waals surface area contributed by atoms with Crippen molar-refractivity contribution >= 4 is 46.9 Å². The van der Waals surface area contributed by atoms with E-state index in [1.165, 1.54) is 0 Å². The van der Waals surface area contributed by atoms with Crippen molar-refractivity contribution in [1.29, 1.82) is 0 Å². The lowest BCUT2D eigenvalue weighted by Gasteiger charge is -2.10. The van der Waals surface area contributed by atoms with Crippen molar-refractivity contribution in [2.45, 2.75) is 15.7 Å². The summed E-state index contributed by atoms with van der Waals surface area (Å²) < 4.78 is 43.8. The largest absolute Gasteiger partial charge is 0.426 e. The first-order chi connectivity index (χ1) is 13.7. The SMILES string of the molecule is O=C(CSc1ccc(C(F)(F)F)cc1[N+](=O)[O-])Oc1ccc(C2SCCS2)cc1. The van der Waals surface area contributed by atoms with Crippen LogP contribution in [0.3, 0.4) is 0 Å². The summed E-state index contributed by atoms with van der Waals surface area (Å²) in [4.78, 5) is 22.2. The van der Waals surface area contributed by atoms with Gasteiger partial charge >= 0.3 is 12.1 Å². The number of carbonyl (C=O) groups excluding carboxylic acids is 1. The second kappa shape index (κ2) is 9.31. The van der Waals surface area contributed by atoms with E-state index in [4.69, 9.17) is 4.74 Å². The Morgan fingerprint density at radius 1 is 1.17 bits per heavy atom. The maximum atomic E-state index is 12.7. The van der Waals surface area contributed by atoms with Crippen molar-refractivity contribution < 1.29 is 27.6 Å². The van der Waals surface area contributed by atoms with E-state index in [1.807, 2.05) is 35.7 Å². The molecule has 1 heterocycles. The van der Waals surface area contributed by atoms with Gasteiger partial charge in [-0.3, -0.25) is 14.9 Å². The van der Waals surface area contributed by atoms with Crippen LogP contribution in [0.25, 0.3) is 0 Å². The molecule has 3 rings (SSSR count). The van der Waals surface area contributed by atoms with Crippen LogP contribution in [0.4, 0.5) is 18.9 Å². The zero-order chi connectivity index (χ0) is 21.0. The number of hydrogen-bond acceptors (Lipinski definition) is 7. The number of halogens is 3. The van der Waals surface area contributed by atoms with Gasteiger partial charge in [-0.05, 0) is 29.8 Å². The summed E-state index contributed by atoms with van der Waals surface area (Å²) in [6, 6.07) is 9.32. The molecule has 5 nitrogen and oxygen atoms in total. The molecule has 0 bridgehead atoms. The van der Waals surface area contributed by atoms with Gasteiger partial charge in [0, 0.05) is 17.6 Å². The summed E-state index contributed by atoms with van der Waals surface area (Å²) in [5.41, 5.74) is -0.685. The molecule has 29 heavy (non-hydrogen) atoms. The van der Waals surface area contributed by atoms with Crippen LogP contribution >= 0.6 is 35.3 Å². The fourth-order valence-electron chi connectivity index (χ4n) is 2.50. The molecule has 1 fully saturated rings. The fourth-order valence-corrected chi connectivity index (χ4v) is 6.14. The van der Waals surface area contributed by atoms with Crippen molar-refractivity contribution in [3.63, 3.8) is 0 Å². The lowest BCUT2D eigenvalue weighted by molar-refractivity contribution is -0.388. The highest BCUT2D eigenvalue weighted by molar-refractivity contribution is 8.19. The van der Waals surface area contributed by atoms with E-state index in [1.54, 1.807) is 12.1 Å². The van der Waals surface area contributed by atoms with Gasteiger partial charge in [0.2, 0.25) is 0 Å². The van der Waals surface area contributed by atoms with Crippen LogP contribution < -0.4 is 4.74 Å². The second-order valence-corrected chi connectivity index (χ2v) is 9.58. The van der Waals surface area contributed by atoms with Crippen LogP contribution in [0.15, 0.2) is 47.4 Å². The van der Waals surface area contributed by atoms with Gasteiger partial charge in [-0.1, -0.05) is 12.1 Å². The third-order valence-electron chi connectivity index (χ3n) is 3.83. The third kappa shape index (κ3) is 5.83. The standard InChI is InChI=1S/C18H14F3NO4S3/c19-18(20,21)12-3-6-15(14(9-12)22(24)25)29-10-16(23)26-13-4-1-11(2-5-13)17-27-7-8-28-17/h1-6,9,17H,7-8,10H2. The van der Waals surface area contributed by atoms with E-state index in [-0.39, 0.29) is 10.6 Å². The van der Waals surface area contributed by atoms with Crippen molar-refractivity contribution in [3.8, 4) is 5.75 Å². The topological polar surface area (TPSA) is 69.4 Å². The molecule has 0 radical (unpaired) electrons. The van der Waals surface area contributed by atoms with Gasteiger partial charge in [0.15, 0.2) is 0 Å². The molecule has 1 aliphatic rings. The van der Waals surface area contributed by atoms with Crippen molar-refractivity contribution in [1.82, 2.24) is 0 Å². The summed E-state index contributed by atoms with van der Waals surface area (Å²) in [6.45, 7) is 0. The van der Waals surface area contributed by atoms with Crippen LogP contribution in [0.5, 0.6) is 5.75 Å². The van der Waals surface area contributed by atoms with Crippen molar-refractivity contribution in [3.05, 3.63) is 63.7 Å². The molecule has 2 aromatic rings. The number of carbonyl (C=O) groups is 1. The lowest BCUT2D eigenvalue weighted by atomic mass is 10.2. The molecule has 154 valence electrons. The first-order valence-electron chi connectivity index (χ1n) is 8.26. The number of nitro groups is 1. The monoisotopic (exact) mass is 461 g/mol. The van der Waals surface area contributed by atoms with Crippen molar-refractivity contribution in [2.24, 2.45) is 0 Å². The molecule has 11 heteroatoms. The van der Waals surface area contributed by atoms with Gasteiger partial charge in [-0.25, -0.2) is 0 Å². The highest BCUT2D eigenvalue weighted by atomic mass is 32.2. The third-order valence-corrected chi connectivity index (χ3v) is 7.97. The van der Waals surface area contributed by atoms with Gasteiger partial charge in [-0.2, -0.15) is 13.2 Å². The van der Waals surface area contributed by atoms with Crippen LogP contribution in [0.2, 0.25) is 0 Å². The molecular weight excluding hydrogens is 447 g/mol. The Morgan fingerprint density at radius 3 is 2.41 bits per heavy atom. The number of rotatable bonds is 6. The van der Waals surface area contributed by atoms with E-state index < -0.39 is 28.3 Å². The Labute approximate surface area is 176 Å². The normalized spacial score (nSPS) is 14.7. The Morgan fingerprint density at radius 2 is 1.83 bits per heavy atom. The van der Waals surface area contributed by atoms with E-state index in [9.17, 15) is 28.1 Å². The first-order valence-corrected chi connectivity index (χ1v) is 11.3. The number of nitrogens with zero attached hydrogens (tertiary/aromatic N) is 1. The number of benzene rings is 2. The molecule has 0 aliphatic carbocycles. The zero-order valence-corrected chi connectivity index (χ0v) is 17.1. The molecule has 0 amide bonds. The molecular formula is C18H14F3NO4S3. The second-order valence-electron chi connectivity index (χ2n) is 5.84. The minimum atomic E-state index is -4.69. The van der Waals surface area contributed by atoms with E-state index in [0.29, 0.717) is 16.4 Å². The maximum Gasteiger partial charge on any atom is 0.416 e. The van der Waals surface area contributed by atoms with Crippen LogP contribution in [-0.2, 0) is 11.0 Å². The highest BCUT2D eigenvalue weighted by Crippen LogP contribution is 2.45. The molecule has 0 aromatic heterocycles. The summed E-state index contributed by atoms with van der Waals surface area (Å²) in [5, 5.41) is 11.1. The fraction of sp³-hybridized carbons (Fsp3) is 0.278. The number of esters is 1. The molecule has 0 atom stereocenters. The highest BCUT2D eigenvalue weighted by Gasteiger charge is 2.33. The summed E-state index contributed by atoms with van der Waals surface area (Å²) >= 11 is 4.46. The Hall–Kier alpha value is -1.85. The molecule has 0 spiro atoms. The Kier molecular flexibility index (Phi) is 7.01. The zero-order valence-electron chi connectivity index (χ0n) is 14.7. The molecule has 1 aliphatic heterocycles. The van der Waals surface area contributed by atoms with Crippen LogP contribution in [-0.4, -0.2) is 28.2 Å². The minimum Gasteiger partial charge on any atom is -0.426 e. The Bertz CT molecular complexity index is 900. The summed E-state index contributed by atoms with van der Waals surface area (Å²) in [7, 11) is 0. The molecule has 2 aromatic carbocycles. The van der Waals surface area contributed by atoms with Gasteiger partial charge in [0.05, 0.1) is 25.7 Å². The number of nitro benzene ring substituents is 1. The Balaban J connectivity index is 1.61. The summed E-state index contributed by atoms with van der Waals surface area (Å²) in [5.74, 6) is 1.61. The van der Waals surface area contributed by atoms with Gasteiger partial charge in [0.1, 0.15) is 5.75 Å². The van der Waals surface area contributed by atoms with E-state index in [0.717, 1.165) is 41.0 Å². The average Bonchev–Trinajstić information content (AvgIpc) is 3.21. The van der Waals surface area contributed by atoms with Crippen LogP contribution in [0.1, 0.15) is 15.7 Å².